The third-order valence-corrected chi connectivity index (χ3v) is 11.1. The smallest absolute Gasteiger partial charge is 0.160 e. The van der Waals surface area contributed by atoms with E-state index in [0.717, 1.165) is 61.6 Å². The van der Waals surface area contributed by atoms with Gasteiger partial charge in [0.2, 0.25) is 0 Å². The molecule has 0 radical (unpaired) electrons. The fourth-order valence-corrected chi connectivity index (χ4v) is 8.44. The Hall–Kier alpha value is -8.07. The van der Waals surface area contributed by atoms with Crippen molar-refractivity contribution in [3.05, 3.63) is 206 Å². The summed E-state index contributed by atoms with van der Waals surface area (Å²) >= 11 is 0. The van der Waals surface area contributed by atoms with Gasteiger partial charge in [0.15, 0.2) is 5.82 Å². The van der Waals surface area contributed by atoms with Crippen LogP contribution in [-0.4, -0.2) is 19.1 Å². The average molecular weight is 740 g/mol. The summed E-state index contributed by atoms with van der Waals surface area (Å²) in [7, 11) is 0. The van der Waals surface area contributed by atoms with Crippen LogP contribution < -0.4 is 0 Å². The van der Waals surface area contributed by atoms with E-state index in [1.54, 1.807) is 0 Å². The second kappa shape index (κ2) is 13.6. The largest absolute Gasteiger partial charge is 0.309 e. The van der Waals surface area contributed by atoms with Crippen molar-refractivity contribution in [1.29, 1.82) is 5.26 Å². The first kappa shape index (κ1) is 33.3. The Morgan fingerprint density at radius 3 is 1.47 bits per heavy atom. The van der Waals surface area contributed by atoms with E-state index in [2.05, 4.69) is 155 Å². The lowest BCUT2D eigenvalue weighted by molar-refractivity contribution is 1.16. The van der Waals surface area contributed by atoms with E-state index in [4.69, 9.17) is 9.97 Å². The van der Waals surface area contributed by atoms with Crippen molar-refractivity contribution in [3.63, 3.8) is 0 Å². The molecular formula is C53H33N5. The highest BCUT2D eigenvalue weighted by Gasteiger charge is 2.19. The van der Waals surface area contributed by atoms with Crippen LogP contribution in [0.25, 0.3) is 100 Å². The van der Waals surface area contributed by atoms with Crippen LogP contribution in [0.2, 0.25) is 0 Å². The molecule has 0 amide bonds. The Bertz CT molecular complexity index is 3280. The Balaban J connectivity index is 1.16. The van der Waals surface area contributed by atoms with E-state index in [0.29, 0.717) is 11.4 Å². The molecule has 3 aromatic heterocycles. The van der Waals surface area contributed by atoms with Gasteiger partial charge in [0.25, 0.3) is 0 Å². The minimum Gasteiger partial charge on any atom is -0.309 e. The normalized spacial score (nSPS) is 11.4. The maximum absolute atomic E-state index is 9.62. The van der Waals surface area contributed by atoms with E-state index in [1.165, 1.54) is 32.6 Å². The molecule has 0 bridgehead atoms. The molecule has 0 unspecified atom stereocenters. The van der Waals surface area contributed by atoms with Gasteiger partial charge in [-0.3, -0.25) is 0 Å². The third kappa shape index (κ3) is 5.55. The topological polar surface area (TPSA) is 59.4 Å². The summed E-state index contributed by atoms with van der Waals surface area (Å²) in [5.74, 6) is 0.664. The molecule has 0 aliphatic carbocycles. The zero-order valence-electron chi connectivity index (χ0n) is 31.3. The average Bonchev–Trinajstić information content (AvgIpc) is 3.82. The zero-order valence-corrected chi connectivity index (χ0v) is 31.3. The molecule has 0 atom stereocenters. The Kier molecular flexibility index (Phi) is 7.80. The number of nitrogens with zero attached hydrogens (tertiary/aromatic N) is 5. The van der Waals surface area contributed by atoms with Crippen LogP contribution in [0, 0.1) is 11.3 Å². The summed E-state index contributed by atoms with van der Waals surface area (Å²) in [5.41, 5.74) is 14.0. The molecule has 0 saturated carbocycles. The number of nitriles is 1. The zero-order chi connectivity index (χ0) is 38.6. The van der Waals surface area contributed by atoms with Crippen molar-refractivity contribution in [3.8, 4) is 62.5 Å². The quantitative estimate of drug-likeness (QED) is 0.171. The number of fused-ring (bicyclic) bond motifs is 6. The first-order chi connectivity index (χ1) is 28.7. The van der Waals surface area contributed by atoms with Gasteiger partial charge in [0.05, 0.1) is 45.1 Å². The summed E-state index contributed by atoms with van der Waals surface area (Å²) in [5, 5.41) is 14.4. The van der Waals surface area contributed by atoms with E-state index >= 15 is 0 Å². The van der Waals surface area contributed by atoms with Crippen LogP contribution in [0.4, 0.5) is 0 Å². The van der Waals surface area contributed by atoms with Crippen LogP contribution in [0.3, 0.4) is 0 Å². The Labute approximate surface area is 335 Å². The SMILES string of the molecule is N#Cc1ccc(-c2cc(-c3cc(-c4ccccc4)nc(-c4ccccc4)n3)cc(-n3c4ccccc4c4cc(-n5c6ccccc6c6ccccc65)ccc43)c2)cc1. The minimum atomic E-state index is 0.623. The summed E-state index contributed by atoms with van der Waals surface area (Å²) in [6.07, 6.45) is 0. The molecule has 0 fully saturated rings. The van der Waals surface area contributed by atoms with Crippen molar-refractivity contribution < 1.29 is 0 Å². The van der Waals surface area contributed by atoms with Crippen molar-refractivity contribution in [1.82, 2.24) is 19.1 Å². The molecule has 5 heteroatoms. The third-order valence-electron chi connectivity index (χ3n) is 11.1. The van der Waals surface area contributed by atoms with Crippen LogP contribution in [0.1, 0.15) is 5.56 Å². The van der Waals surface area contributed by atoms with Gasteiger partial charge in [-0.2, -0.15) is 5.26 Å². The van der Waals surface area contributed by atoms with Crippen LogP contribution in [0.15, 0.2) is 200 Å². The maximum atomic E-state index is 9.62. The van der Waals surface area contributed by atoms with Gasteiger partial charge in [-0.1, -0.05) is 127 Å². The van der Waals surface area contributed by atoms with Gasteiger partial charge in [0.1, 0.15) is 0 Å². The number of benzene rings is 8. The van der Waals surface area contributed by atoms with E-state index < -0.39 is 0 Å². The van der Waals surface area contributed by atoms with E-state index in [-0.39, 0.29) is 0 Å². The van der Waals surface area contributed by atoms with Gasteiger partial charge in [-0.15, -0.1) is 0 Å². The molecule has 0 aliphatic heterocycles. The second-order valence-electron chi connectivity index (χ2n) is 14.6. The molecule has 8 aromatic carbocycles. The van der Waals surface area contributed by atoms with Gasteiger partial charge >= 0.3 is 0 Å². The number of rotatable bonds is 6. The first-order valence-corrected chi connectivity index (χ1v) is 19.4. The number of hydrogen-bond acceptors (Lipinski definition) is 3. The molecular weight excluding hydrogens is 707 g/mol. The van der Waals surface area contributed by atoms with E-state index in [9.17, 15) is 5.26 Å². The molecule has 0 saturated heterocycles. The van der Waals surface area contributed by atoms with Gasteiger partial charge in [-0.05, 0) is 83.9 Å². The summed E-state index contributed by atoms with van der Waals surface area (Å²) in [6, 6.07) is 72.1. The lowest BCUT2D eigenvalue weighted by atomic mass is 9.98. The Morgan fingerprint density at radius 2 is 0.845 bits per heavy atom. The lowest BCUT2D eigenvalue weighted by Crippen LogP contribution is -1.99. The summed E-state index contributed by atoms with van der Waals surface area (Å²) < 4.78 is 4.75. The predicted octanol–water partition coefficient (Wildman–Crippen LogP) is 13.2. The molecule has 0 aliphatic rings. The second-order valence-corrected chi connectivity index (χ2v) is 14.6. The maximum Gasteiger partial charge on any atom is 0.160 e. The molecule has 0 N–H and O–H groups in total. The van der Waals surface area contributed by atoms with Crippen molar-refractivity contribution in [2.24, 2.45) is 0 Å². The van der Waals surface area contributed by atoms with Crippen LogP contribution in [0.5, 0.6) is 0 Å². The highest BCUT2D eigenvalue weighted by molar-refractivity contribution is 6.12. The Morgan fingerprint density at radius 1 is 0.345 bits per heavy atom. The number of para-hydroxylation sites is 3. The fourth-order valence-electron chi connectivity index (χ4n) is 8.44. The first-order valence-electron chi connectivity index (χ1n) is 19.4. The van der Waals surface area contributed by atoms with Crippen LogP contribution >= 0.6 is 0 Å². The molecule has 5 nitrogen and oxygen atoms in total. The highest BCUT2D eigenvalue weighted by Crippen LogP contribution is 2.39. The molecule has 58 heavy (non-hydrogen) atoms. The molecule has 0 spiro atoms. The molecule has 270 valence electrons. The van der Waals surface area contributed by atoms with Gasteiger partial charge in [0, 0.05) is 49.6 Å². The van der Waals surface area contributed by atoms with E-state index in [1.807, 2.05) is 60.7 Å². The van der Waals surface area contributed by atoms with Crippen LogP contribution in [-0.2, 0) is 0 Å². The van der Waals surface area contributed by atoms with Crippen molar-refractivity contribution in [2.45, 2.75) is 0 Å². The van der Waals surface area contributed by atoms with Gasteiger partial charge in [-0.25, -0.2) is 9.97 Å². The fraction of sp³-hybridized carbons (Fsp3) is 0. The predicted molar refractivity (Wildman–Crippen MR) is 237 cm³/mol. The molecule has 11 rings (SSSR count). The minimum absolute atomic E-state index is 0.623. The number of aromatic nitrogens is 4. The highest BCUT2D eigenvalue weighted by atomic mass is 15.0. The summed E-state index contributed by atoms with van der Waals surface area (Å²) in [4.78, 5) is 10.3. The van der Waals surface area contributed by atoms with Crippen molar-refractivity contribution >= 4 is 43.6 Å². The lowest BCUT2D eigenvalue weighted by Gasteiger charge is -2.15. The molecule has 11 aromatic rings. The van der Waals surface area contributed by atoms with Gasteiger partial charge < -0.3 is 9.13 Å². The number of hydrogen-bond donors (Lipinski definition) is 0. The molecule has 3 heterocycles. The van der Waals surface area contributed by atoms with Crippen molar-refractivity contribution in [2.75, 3.05) is 0 Å². The summed E-state index contributed by atoms with van der Waals surface area (Å²) in [6.45, 7) is 0. The standard InChI is InChI=1S/C53H33N5/c54-34-35-23-25-36(26-24-35)39-29-40(48-33-47(37-13-3-1-4-14-37)55-53(56-48)38-15-5-2-6-16-38)31-42(30-39)58-51-22-12-9-19-45(51)46-32-41(27-28-52(46)58)57-49-20-10-7-17-43(49)44-18-8-11-21-50(44)57/h1-33H. The monoisotopic (exact) mass is 739 g/mol.